The first-order valence-corrected chi connectivity index (χ1v) is 21.2. The van der Waals surface area contributed by atoms with Crippen LogP contribution in [0.1, 0.15) is 86.2 Å². The molecule has 4 N–H and O–H groups in total. The third-order valence-electron chi connectivity index (χ3n) is 12.3. The summed E-state index contributed by atoms with van der Waals surface area (Å²) >= 11 is 0. The first-order valence-electron chi connectivity index (χ1n) is 21.2. The molecule has 7 heterocycles. The Labute approximate surface area is 359 Å². The van der Waals surface area contributed by atoms with Gasteiger partial charge in [-0.15, -0.1) is 0 Å². The highest BCUT2D eigenvalue weighted by atomic mass is 16.5. The maximum atomic E-state index is 12.9. The summed E-state index contributed by atoms with van der Waals surface area (Å²) in [6, 6.07) is 19.3. The molecule has 3 fully saturated rings. The fraction of sp³-hybridized carbons (Fsp3) is 0.391. The second kappa shape index (κ2) is 16.1. The van der Waals surface area contributed by atoms with Crippen LogP contribution >= 0.6 is 0 Å². The summed E-state index contributed by atoms with van der Waals surface area (Å²) in [6.07, 6.45) is 5.74. The highest BCUT2D eigenvalue weighted by Crippen LogP contribution is 2.36. The molecule has 9 rings (SSSR count). The van der Waals surface area contributed by atoms with Crippen molar-refractivity contribution >= 4 is 40.3 Å². The summed E-state index contributed by atoms with van der Waals surface area (Å²) < 4.78 is 5.24. The molecule has 4 amide bonds. The SMILES string of the molecule is Cc1cc(-c2ncnc3[nH]c(-c4ccc(C5(O)CN(CC6CCN(c7ccc(N8CCC(=O)NC8=O)cc7)CC6)C5)cn4)cc23)ccc1[C@@H](C)NC(=O)c1nc(C(C)(C)C)no1. The van der Waals surface area contributed by atoms with Crippen LogP contribution in [0.2, 0.25) is 0 Å². The van der Waals surface area contributed by atoms with Crippen molar-refractivity contribution in [2.24, 2.45) is 5.92 Å². The maximum absolute atomic E-state index is 12.9. The topological polar surface area (TPSA) is 199 Å². The minimum atomic E-state index is -0.946. The molecule has 3 aliphatic heterocycles. The molecule has 0 radical (unpaired) electrons. The molecule has 0 saturated carbocycles. The predicted octanol–water partition coefficient (Wildman–Crippen LogP) is 6.03. The van der Waals surface area contributed by atoms with E-state index in [2.05, 4.69) is 63.7 Å². The lowest BCUT2D eigenvalue weighted by Crippen LogP contribution is -2.60. The number of aromatic nitrogens is 6. The number of aliphatic hydroxyl groups is 1. The summed E-state index contributed by atoms with van der Waals surface area (Å²) in [5.74, 6) is 0.296. The molecule has 3 aliphatic rings. The number of β-amino-alcohol motifs (C(OH)–C–C–N with tert-alkyl or cyclic N) is 1. The maximum Gasteiger partial charge on any atom is 0.328 e. The van der Waals surface area contributed by atoms with E-state index >= 15 is 0 Å². The number of rotatable bonds is 10. The average molecular weight is 838 g/mol. The number of nitrogens with zero attached hydrogens (tertiary/aromatic N) is 8. The predicted molar refractivity (Wildman–Crippen MR) is 233 cm³/mol. The van der Waals surface area contributed by atoms with Crippen molar-refractivity contribution in [3.8, 4) is 22.6 Å². The normalized spacial score (nSPS) is 17.8. The Bertz CT molecular complexity index is 2640. The minimum absolute atomic E-state index is 0.0630. The minimum Gasteiger partial charge on any atom is -0.382 e. The molecule has 0 spiro atoms. The van der Waals surface area contributed by atoms with Crippen LogP contribution in [0.15, 0.2) is 77.7 Å². The van der Waals surface area contributed by atoms with Crippen molar-refractivity contribution in [3.05, 3.63) is 102 Å². The summed E-state index contributed by atoms with van der Waals surface area (Å²) in [4.78, 5) is 64.6. The summed E-state index contributed by atoms with van der Waals surface area (Å²) in [5.41, 5.74) is 7.28. The molecule has 3 saturated heterocycles. The third-order valence-corrected chi connectivity index (χ3v) is 12.3. The van der Waals surface area contributed by atoms with Crippen molar-refractivity contribution in [2.45, 2.75) is 70.9 Å². The zero-order valence-corrected chi connectivity index (χ0v) is 35.6. The monoisotopic (exact) mass is 837 g/mol. The van der Waals surface area contributed by atoms with E-state index in [1.165, 1.54) is 0 Å². The molecule has 6 aromatic rings. The molecule has 320 valence electrons. The van der Waals surface area contributed by atoms with Gasteiger partial charge in [0.15, 0.2) is 5.82 Å². The number of imide groups is 1. The molecule has 0 bridgehead atoms. The number of hydrogen-bond donors (Lipinski definition) is 4. The van der Waals surface area contributed by atoms with Gasteiger partial charge in [-0.2, -0.15) is 4.98 Å². The van der Waals surface area contributed by atoms with Crippen LogP contribution in [0.25, 0.3) is 33.7 Å². The van der Waals surface area contributed by atoms with Crippen molar-refractivity contribution in [1.82, 2.24) is 45.6 Å². The summed E-state index contributed by atoms with van der Waals surface area (Å²) in [7, 11) is 0. The number of benzene rings is 2. The van der Waals surface area contributed by atoms with Gasteiger partial charge in [0, 0.05) is 85.2 Å². The molecule has 1 atom stereocenters. The van der Waals surface area contributed by atoms with Gasteiger partial charge in [-0.25, -0.2) is 14.8 Å². The number of hydrogen-bond acceptors (Lipinski definition) is 12. The Morgan fingerprint density at radius 3 is 2.42 bits per heavy atom. The molecule has 16 nitrogen and oxygen atoms in total. The Hall–Kier alpha value is -6.52. The van der Waals surface area contributed by atoms with E-state index < -0.39 is 11.5 Å². The van der Waals surface area contributed by atoms with Crippen molar-refractivity contribution < 1.29 is 24.0 Å². The van der Waals surface area contributed by atoms with Crippen molar-refractivity contribution in [2.75, 3.05) is 49.1 Å². The number of carbonyl (C=O) groups excluding carboxylic acids is 3. The highest BCUT2D eigenvalue weighted by Gasteiger charge is 2.43. The Morgan fingerprint density at radius 1 is 0.984 bits per heavy atom. The number of amides is 4. The molecule has 0 unspecified atom stereocenters. The van der Waals surface area contributed by atoms with E-state index in [-0.39, 0.29) is 29.3 Å². The number of H-pyrrole nitrogens is 1. The lowest BCUT2D eigenvalue weighted by atomic mass is 9.85. The second-order valence-electron chi connectivity index (χ2n) is 17.9. The fourth-order valence-corrected chi connectivity index (χ4v) is 8.80. The average Bonchev–Trinajstić information content (AvgIpc) is 3.93. The van der Waals surface area contributed by atoms with Crippen LogP contribution in [0, 0.1) is 12.8 Å². The third kappa shape index (κ3) is 8.14. The molecule has 0 aliphatic carbocycles. The van der Waals surface area contributed by atoms with E-state index in [9.17, 15) is 19.5 Å². The van der Waals surface area contributed by atoms with E-state index in [0.717, 1.165) is 88.6 Å². The van der Waals surface area contributed by atoms with Gasteiger partial charge in [0.1, 0.15) is 17.6 Å². The number of fused-ring (bicyclic) bond motifs is 1. The van der Waals surface area contributed by atoms with Gasteiger partial charge in [-0.3, -0.25) is 29.7 Å². The van der Waals surface area contributed by atoms with Gasteiger partial charge in [0.05, 0.1) is 23.1 Å². The number of likely N-dealkylation sites (tertiary alicyclic amines) is 1. The van der Waals surface area contributed by atoms with E-state index in [0.29, 0.717) is 43.4 Å². The zero-order valence-electron chi connectivity index (χ0n) is 35.6. The van der Waals surface area contributed by atoms with Crippen LogP contribution in [0.5, 0.6) is 0 Å². The smallest absolute Gasteiger partial charge is 0.328 e. The Morgan fingerprint density at radius 2 is 1.74 bits per heavy atom. The van der Waals surface area contributed by atoms with E-state index in [4.69, 9.17) is 9.51 Å². The number of carbonyl (C=O) groups is 3. The quantitative estimate of drug-likeness (QED) is 0.125. The number of aryl methyl sites for hydroxylation is 1. The summed E-state index contributed by atoms with van der Waals surface area (Å²) in [5, 5.41) is 21.7. The zero-order chi connectivity index (χ0) is 43.3. The first-order chi connectivity index (χ1) is 29.7. The van der Waals surface area contributed by atoms with Gasteiger partial charge in [0.25, 0.3) is 0 Å². The molecular weight excluding hydrogens is 787 g/mol. The van der Waals surface area contributed by atoms with Crippen LogP contribution in [-0.2, 0) is 15.8 Å². The number of piperidine rings is 1. The number of aromatic amines is 1. The van der Waals surface area contributed by atoms with Crippen LogP contribution in [0.4, 0.5) is 16.2 Å². The number of nitrogens with one attached hydrogen (secondary N) is 3. The van der Waals surface area contributed by atoms with Gasteiger partial charge in [-0.1, -0.05) is 44.1 Å². The van der Waals surface area contributed by atoms with Gasteiger partial charge in [-0.05, 0) is 86.2 Å². The van der Waals surface area contributed by atoms with Crippen LogP contribution in [-0.4, -0.2) is 97.2 Å². The van der Waals surface area contributed by atoms with Gasteiger partial charge in [0.2, 0.25) is 5.91 Å². The molecule has 2 aromatic carbocycles. The van der Waals surface area contributed by atoms with E-state index in [1.807, 2.05) is 77.1 Å². The Balaban J connectivity index is 0.788. The second-order valence-corrected chi connectivity index (χ2v) is 17.9. The lowest BCUT2D eigenvalue weighted by Gasteiger charge is -2.48. The van der Waals surface area contributed by atoms with Crippen molar-refractivity contribution in [3.63, 3.8) is 0 Å². The van der Waals surface area contributed by atoms with E-state index in [1.54, 1.807) is 17.4 Å². The van der Waals surface area contributed by atoms with Gasteiger partial charge >= 0.3 is 17.8 Å². The number of anilines is 2. The number of urea groups is 1. The van der Waals surface area contributed by atoms with Crippen LogP contribution < -0.4 is 20.4 Å². The fourth-order valence-electron chi connectivity index (χ4n) is 8.80. The van der Waals surface area contributed by atoms with Crippen LogP contribution in [0.3, 0.4) is 0 Å². The van der Waals surface area contributed by atoms with Crippen molar-refractivity contribution in [1.29, 1.82) is 0 Å². The Kier molecular flexibility index (Phi) is 10.6. The largest absolute Gasteiger partial charge is 0.382 e. The number of pyridine rings is 1. The molecular formula is C46H51N11O5. The molecule has 4 aromatic heterocycles. The first kappa shape index (κ1) is 40.9. The van der Waals surface area contributed by atoms with Gasteiger partial charge < -0.3 is 24.8 Å². The molecule has 62 heavy (non-hydrogen) atoms. The standard InChI is InChI=1S/C46H51N11O5/c1-27-20-30(6-12-34(27)28(2)50-41(59)42-53-43(54-62-42)45(3,4)5)39-35-21-37(51-40(35)49-26-48-39)36-13-7-31(22-47-36)46(61)24-55(25-46)23-29-14-17-56(18-15-29)32-8-10-33(11-9-32)57-19-16-38(58)52-44(57)60/h6-13,20-22,26,28-29,61H,14-19,23-25H2,1-5H3,(H,50,59)(H,48,49,51)(H,52,58,60)/t28-/m1/s1. The lowest BCUT2D eigenvalue weighted by molar-refractivity contribution is -0.120. The summed E-state index contributed by atoms with van der Waals surface area (Å²) in [6.45, 7) is 14.2. The molecule has 16 heteroatoms. The highest BCUT2D eigenvalue weighted by molar-refractivity contribution is 6.05.